The molecular formula is C14H24O6. The van der Waals surface area contributed by atoms with Crippen molar-refractivity contribution in [2.24, 2.45) is 11.3 Å². The third kappa shape index (κ3) is 4.21. The second-order valence-electron chi connectivity index (χ2n) is 5.18. The monoisotopic (exact) mass is 288 g/mol. The molecule has 20 heavy (non-hydrogen) atoms. The first kappa shape index (κ1) is 18.4. The Morgan fingerprint density at radius 1 is 0.850 bits per heavy atom. The van der Waals surface area contributed by atoms with Crippen LogP contribution in [0.4, 0.5) is 0 Å². The predicted molar refractivity (Wildman–Crippen MR) is 72.5 cm³/mol. The standard InChI is InChI=1S/C14H24O6/c1-3-4-5-6-7-8-9-10(2)14(11(15)16,12(17)18)13(19)20/h10H,3-9H2,1-2H3,(H,15,16)(H,17,18)(H,19,20). The smallest absolute Gasteiger partial charge is 0.333 e. The van der Waals surface area contributed by atoms with Gasteiger partial charge in [-0.05, 0) is 12.3 Å². The summed E-state index contributed by atoms with van der Waals surface area (Å²) < 4.78 is 0. The fourth-order valence-electron chi connectivity index (χ4n) is 2.35. The molecule has 0 rings (SSSR count). The lowest BCUT2D eigenvalue weighted by Crippen LogP contribution is -2.51. The van der Waals surface area contributed by atoms with E-state index in [0.29, 0.717) is 6.42 Å². The Labute approximate surface area is 118 Å². The van der Waals surface area contributed by atoms with E-state index in [0.717, 1.165) is 32.1 Å². The molecule has 0 aromatic rings. The van der Waals surface area contributed by atoms with E-state index in [1.54, 1.807) is 0 Å². The second kappa shape index (κ2) is 8.55. The molecular weight excluding hydrogens is 264 g/mol. The van der Waals surface area contributed by atoms with Gasteiger partial charge in [-0.25, -0.2) is 0 Å². The summed E-state index contributed by atoms with van der Waals surface area (Å²) in [6.45, 7) is 3.48. The quantitative estimate of drug-likeness (QED) is 0.398. The predicted octanol–water partition coefficient (Wildman–Crippen LogP) is 2.61. The normalized spacial score (nSPS) is 12.9. The van der Waals surface area contributed by atoms with Crippen LogP contribution in [0, 0.1) is 11.3 Å². The molecule has 1 atom stereocenters. The average Bonchev–Trinajstić information content (AvgIpc) is 2.32. The molecule has 116 valence electrons. The van der Waals surface area contributed by atoms with E-state index in [1.807, 2.05) is 0 Å². The van der Waals surface area contributed by atoms with E-state index in [4.69, 9.17) is 15.3 Å². The molecule has 0 spiro atoms. The highest BCUT2D eigenvalue weighted by atomic mass is 16.4. The first-order valence-corrected chi connectivity index (χ1v) is 7.01. The van der Waals surface area contributed by atoms with Gasteiger partial charge in [0.1, 0.15) is 0 Å². The van der Waals surface area contributed by atoms with Crippen molar-refractivity contribution in [1.82, 2.24) is 0 Å². The molecule has 6 heteroatoms. The van der Waals surface area contributed by atoms with Gasteiger partial charge in [-0.2, -0.15) is 0 Å². The summed E-state index contributed by atoms with van der Waals surface area (Å²) in [6.07, 6.45) is 6.12. The zero-order valence-corrected chi connectivity index (χ0v) is 12.1. The van der Waals surface area contributed by atoms with Crippen molar-refractivity contribution in [3.05, 3.63) is 0 Å². The molecule has 0 aliphatic heterocycles. The lowest BCUT2D eigenvalue weighted by Gasteiger charge is -2.26. The minimum Gasteiger partial charge on any atom is -0.480 e. The van der Waals surface area contributed by atoms with Crippen LogP contribution in [0.25, 0.3) is 0 Å². The minimum absolute atomic E-state index is 0.275. The highest BCUT2D eigenvalue weighted by Gasteiger charge is 2.58. The molecule has 0 saturated heterocycles. The summed E-state index contributed by atoms with van der Waals surface area (Å²) in [5.74, 6) is -6.39. The summed E-state index contributed by atoms with van der Waals surface area (Å²) >= 11 is 0. The summed E-state index contributed by atoms with van der Waals surface area (Å²) in [5.41, 5.74) is -2.75. The number of rotatable bonds is 11. The Hall–Kier alpha value is -1.59. The van der Waals surface area contributed by atoms with Gasteiger partial charge >= 0.3 is 17.9 Å². The Kier molecular flexibility index (Phi) is 7.87. The molecule has 3 N–H and O–H groups in total. The number of carboxylic acids is 3. The van der Waals surface area contributed by atoms with Crippen molar-refractivity contribution in [3.8, 4) is 0 Å². The van der Waals surface area contributed by atoms with Gasteiger partial charge in [0.15, 0.2) is 0 Å². The van der Waals surface area contributed by atoms with E-state index in [-0.39, 0.29) is 6.42 Å². The van der Waals surface area contributed by atoms with E-state index in [9.17, 15) is 14.4 Å². The van der Waals surface area contributed by atoms with Gasteiger partial charge in [-0.15, -0.1) is 0 Å². The SMILES string of the molecule is CCCCCCCCC(C)C(C(=O)O)(C(=O)O)C(=O)O. The molecule has 0 radical (unpaired) electrons. The minimum atomic E-state index is -2.75. The van der Waals surface area contributed by atoms with Crippen LogP contribution in [0.15, 0.2) is 0 Å². The maximum atomic E-state index is 11.2. The Morgan fingerprint density at radius 3 is 1.65 bits per heavy atom. The van der Waals surface area contributed by atoms with Crippen LogP contribution in [-0.4, -0.2) is 33.2 Å². The number of aliphatic carboxylic acids is 3. The highest BCUT2D eigenvalue weighted by molar-refractivity contribution is 6.16. The van der Waals surface area contributed by atoms with Crippen molar-refractivity contribution in [3.63, 3.8) is 0 Å². The van der Waals surface area contributed by atoms with Crippen molar-refractivity contribution in [1.29, 1.82) is 0 Å². The summed E-state index contributed by atoms with van der Waals surface area (Å²) in [6, 6.07) is 0. The molecule has 0 aliphatic rings. The molecule has 0 aromatic heterocycles. The zero-order chi connectivity index (χ0) is 15.8. The molecule has 0 aromatic carbocycles. The van der Waals surface area contributed by atoms with Gasteiger partial charge in [0.2, 0.25) is 0 Å². The van der Waals surface area contributed by atoms with Crippen molar-refractivity contribution < 1.29 is 29.7 Å². The summed E-state index contributed by atoms with van der Waals surface area (Å²) in [4.78, 5) is 33.5. The third-order valence-electron chi connectivity index (χ3n) is 3.74. The van der Waals surface area contributed by atoms with Crippen LogP contribution in [0.1, 0.15) is 58.8 Å². The Bertz CT molecular complexity index is 314. The molecule has 0 amide bonds. The number of hydrogen-bond acceptors (Lipinski definition) is 3. The number of unbranched alkanes of at least 4 members (excludes halogenated alkanes) is 5. The van der Waals surface area contributed by atoms with Gasteiger partial charge < -0.3 is 15.3 Å². The topological polar surface area (TPSA) is 112 Å². The lowest BCUT2D eigenvalue weighted by atomic mass is 9.74. The van der Waals surface area contributed by atoms with E-state index in [2.05, 4.69) is 6.92 Å². The van der Waals surface area contributed by atoms with Gasteiger partial charge in [-0.1, -0.05) is 52.4 Å². The summed E-state index contributed by atoms with van der Waals surface area (Å²) in [7, 11) is 0. The van der Waals surface area contributed by atoms with Crippen LogP contribution in [0.2, 0.25) is 0 Å². The van der Waals surface area contributed by atoms with Crippen LogP contribution >= 0.6 is 0 Å². The van der Waals surface area contributed by atoms with Crippen LogP contribution < -0.4 is 0 Å². The first-order valence-electron chi connectivity index (χ1n) is 7.01. The first-order chi connectivity index (χ1) is 9.31. The van der Waals surface area contributed by atoms with Crippen molar-refractivity contribution in [2.45, 2.75) is 58.8 Å². The van der Waals surface area contributed by atoms with Crippen molar-refractivity contribution in [2.75, 3.05) is 0 Å². The van der Waals surface area contributed by atoms with Gasteiger partial charge in [0, 0.05) is 0 Å². The second-order valence-corrected chi connectivity index (χ2v) is 5.18. The maximum Gasteiger partial charge on any atom is 0.333 e. The maximum absolute atomic E-state index is 11.2. The van der Waals surface area contributed by atoms with Crippen molar-refractivity contribution >= 4 is 17.9 Å². The van der Waals surface area contributed by atoms with Crippen LogP contribution in [-0.2, 0) is 14.4 Å². The van der Waals surface area contributed by atoms with Crippen LogP contribution in [0.3, 0.4) is 0 Å². The number of carboxylic acid groups (broad SMARTS) is 3. The van der Waals surface area contributed by atoms with E-state index >= 15 is 0 Å². The molecule has 1 unspecified atom stereocenters. The third-order valence-corrected chi connectivity index (χ3v) is 3.74. The van der Waals surface area contributed by atoms with Gasteiger partial charge in [0.05, 0.1) is 0 Å². The van der Waals surface area contributed by atoms with Gasteiger partial charge in [0.25, 0.3) is 5.41 Å². The number of hydrogen-bond donors (Lipinski definition) is 3. The molecule has 0 fully saturated rings. The Balaban J connectivity index is 4.59. The molecule has 0 saturated carbocycles. The summed E-state index contributed by atoms with van der Waals surface area (Å²) in [5, 5.41) is 27.1. The van der Waals surface area contributed by atoms with E-state index < -0.39 is 29.2 Å². The lowest BCUT2D eigenvalue weighted by molar-refractivity contribution is -0.180. The van der Waals surface area contributed by atoms with Gasteiger partial charge in [-0.3, -0.25) is 14.4 Å². The molecule has 6 nitrogen and oxygen atoms in total. The van der Waals surface area contributed by atoms with E-state index in [1.165, 1.54) is 6.92 Å². The average molecular weight is 288 g/mol. The molecule has 0 bridgehead atoms. The fraction of sp³-hybridized carbons (Fsp3) is 0.786. The fourth-order valence-corrected chi connectivity index (χ4v) is 2.35. The Morgan fingerprint density at radius 2 is 1.25 bits per heavy atom. The number of carbonyl (C=O) groups is 3. The largest absolute Gasteiger partial charge is 0.480 e. The molecule has 0 aliphatic carbocycles. The van der Waals surface area contributed by atoms with Crippen LogP contribution in [0.5, 0.6) is 0 Å². The zero-order valence-electron chi connectivity index (χ0n) is 12.1. The highest BCUT2D eigenvalue weighted by Crippen LogP contribution is 2.33. The molecule has 0 heterocycles.